The van der Waals surface area contributed by atoms with Gasteiger partial charge >= 0.3 is 0 Å². The summed E-state index contributed by atoms with van der Waals surface area (Å²) in [6.45, 7) is 6.65. The highest BCUT2D eigenvalue weighted by Crippen LogP contribution is 2.26. The van der Waals surface area contributed by atoms with Gasteiger partial charge in [-0.15, -0.1) is 0 Å². The van der Waals surface area contributed by atoms with Crippen molar-refractivity contribution >= 4 is 0 Å². The second-order valence-corrected chi connectivity index (χ2v) is 6.58. The number of likely N-dealkylation sites (tertiary alicyclic amines) is 1. The molecule has 1 aliphatic heterocycles. The van der Waals surface area contributed by atoms with Gasteiger partial charge in [-0.05, 0) is 58.7 Å². The molecule has 0 N–H and O–H groups in total. The lowest BCUT2D eigenvalue weighted by molar-refractivity contribution is 0.208. The molecule has 0 aliphatic carbocycles. The van der Waals surface area contributed by atoms with Gasteiger partial charge in [0.2, 0.25) is 0 Å². The monoisotopic (exact) mass is 299 g/mol. The van der Waals surface area contributed by atoms with Crippen molar-refractivity contribution in [3.63, 3.8) is 0 Å². The molecular formula is C17H25N5. The molecule has 0 unspecified atom stereocenters. The molecule has 22 heavy (non-hydrogen) atoms. The minimum Gasteiger partial charge on any atom is -0.306 e. The van der Waals surface area contributed by atoms with Gasteiger partial charge < -0.3 is 4.90 Å². The summed E-state index contributed by atoms with van der Waals surface area (Å²) in [5, 5.41) is 4.43. The molecule has 0 spiro atoms. The number of piperidine rings is 1. The predicted molar refractivity (Wildman–Crippen MR) is 87.6 cm³/mol. The molecule has 1 aliphatic rings. The molecule has 3 heterocycles. The van der Waals surface area contributed by atoms with Crippen LogP contribution in [0.5, 0.6) is 0 Å². The third-order valence-electron chi connectivity index (χ3n) is 4.38. The van der Waals surface area contributed by atoms with E-state index in [0.717, 1.165) is 30.0 Å². The standard InChI is InChI=1S/C17H25N5/c1-13(2)22-16(6-7-20-22)17-15(18-8-9-19-17)11-14-5-4-10-21(3)12-14/h6-9,13-14H,4-5,10-12H2,1-3H3/t14-/m0/s1. The van der Waals surface area contributed by atoms with E-state index in [1.54, 1.807) is 6.20 Å². The van der Waals surface area contributed by atoms with E-state index in [-0.39, 0.29) is 0 Å². The van der Waals surface area contributed by atoms with E-state index in [2.05, 4.69) is 40.9 Å². The van der Waals surface area contributed by atoms with E-state index in [1.165, 1.54) is 19.4 Å². The van der Waals surface area contributed by atoms with E-state index in [4.69, 9.17) is 0 Å². The quantitative estimate of drug-likeness (QED) is 0.871. The first-order valence-corrected chi connectivity index (χ1v) is 8.17. The van der Waals surface area contributed by atoms with Crippen LogP contribution in [0.25, 0.3) is 11.4 Å². The van der Waals surface area contributed by atoms with Crippen molar-refractivity contribution in [1.29, 1.82) is 0 Å². The minimum atomic E-state index is 0.320. The SMILES string of the molecule is CC(C)n1nccc1-c1nccnc1C[C@@H]1CCCN(C)C1. The molecule has 1 saturated heterocycles. The van der Waals surface area contributed by atoms with Crippen LogP contribution in [0.3, 0.4) is 0 Å². The van der Waals surface area contributed by atoms with Crippen LogP contribution in [-0.2, 0) is 6.42 Å². The van der Waals surface area contributed by atoms with Crippen LogP contribution >= 0.6 is 0 Å². The van der Waals surface area contributed by atoms with Gasteiger partial charge in [-0.1, -0.05) is 0 Å². The summed E-state index contributed by atoms with van der Waals surface area (Å²) >= 11 is 0. The van der Waals surface area contributed by atoms with Crippen molar-refractivity contribution in [3.8, 4) is 11.4 Å². The molecule has 0 aromatic carbocycles. The maximum Gasteiger partial charge on any atom is 0.110 e. The first-order valence-electron chi connectivity index (χ1n) is 8.17. The van der Waals surface area contributed by atoms with E-state index in [1.807, 2.05) is 23.1 Å². The van der Waals surface area contributed by atoms with Crippen LogP contribution in [0.4, 0.5) is 0 Å². The largest absolute Gasteiger partial charge is 0.306 e. The lowest BCUT2D eigenvalue weighted by Crippen LogP contribution is -2.33. The molecule has 5 nitrogen and oxygen atoms in total. The third-order valence-corrected chi connectivity index (χ3v) is 4.38. The molecule has 2 aromatic rings. The Hall–Kier alpha value is -1.75. The molecular weight excluding hydrogens is 274 g/mol. The zero-order valence-corrected chi connectivity index (χ0v) is 13.7. The van der Waals surface area contributed by atoms with Gasteiger partial charge in [0, 0.05) is 31.2 Å². The average molecular weight is 299 g/mol. The van der Waals surface area contributed by atoms with Crippen molar-refractivity contribution in [2.24, 2.45) is 5.92 Å². The molecule has 0 radical (unpaired) electrons. The van der Waals surface area contributed by atoms with E-state index in [0.29, 0.717) is 12.0 Å². The van der Waals surface area contributed by atoms with Crippen molar-refractivity contribution in [3.05, 3.63) is 30.4 Å². The lowest BCUT2D eigenvalue weighted by atomic mass is 9.92. The Labute approximate surface area is 132 Å². The topological polar surface area (TPSA) is 46.8 Å². The first-order chi connectivity index (χ1) is 10.6. The molecule has 1 fully saturated rings. The number of hydrogen-bond donors (Lipinski definition) is 0. The van der Waals surface area contributed by atoms with Gasteiger partial charge in [0.05, 0.1) is 11.4 Å². The second-order valence-electron chi connectivity index (χ2n) is 6.58. The van der Waals surface area contributed by atoms with Crippen molar-refractivity contribution in [2.75, 3.05) is 20.1 Å². The molecule has 3 rings (SSSR count). The van der Waals surface area contributed by atoms with Crippen LogP contribution in [0.2, 0.25) is 0 Å². The summed E-state index contributed by atoms with van der Waals surface area (Å²) in [7, 11) is 2.21. The van der Waals surface area contributed by atoms with Gasteiger partial charge in [0.1, 0.15) is 5.69 Å². The Morgan fingerprint density at radius 1 is 1.23 bits per heavy atom. The fourth-order valence-corrected chi connectivity index (χ4v) is 3.36. The summed E-state index contributed by atoms with van der Waals surface area (Å²) in [5.41, 5.74) is 3.16. The molecule has 0 saturated carbocycles. The Morgan fingerprint density at radius 2 is 2.05 bits per heavy atom. The Bertz CT molecular complexity index is 619. The summed E-state index contributed by atoms with van der Waals surface area (Å²) in [6.07, 6.45) is 8.99. The van der Waals surface area contributed by atoms with Crippen LogP contribution in [0, 0.1) is 5.92 Å². The Kier molecular flexibility index (Phi) is 4.52. The summed E-state index contributed by atoms with van der Waals surface area (Å²) in [4.78, 5) is 11.7. The van der Waals surface area contributed by atoms with Crippen molar-refractivity contribution in [2.45, 2.75) is 39.2 Å². The predicted octanol–water partition coefficient (Wildman–Crippen LogP) is 2.81. The van der Waals surface area contributed by atoms with Crippen molar-refractivity contribution in [1.82, 2.24) is 24.6 Å². The van der Waals surface area contributed by atoms with Crippen molar-refractivity contribution < 1.29 is 0 Å². The smallest absolute Gasteiger partial charge is 0.110 e. The molecule has 2 aromatic heterocycles. The summed E-state index contributed by atoms with van der Waals surface area (Å²) in [5.74, 6) is 0.671. The van der Waals surface area contributed by atoms with Crippen LogP contribution in [0.1, 0.15) is 38.4 Å². The molecule has 5 heteroatoms. The van der Waals surface area contributed by atoms with E-state index >= 15 is 0 Å². The Morgan fingerprint density at radius 3 is 2.82 bits per heavy atom. The van der Waals surface area contributed by atoms with E-state index in [9.17, 15) is 0 Å². The van der Waals surface area contributed by atoms with E-state index < -0.39 is 0 Å². The van der Waals surface area contributed by atoms with Gasteiger partial charge in [-0.2, -0.15) is 5.10 Å². The number of nitrogens with zero attached hydrogens (tertiary/aromatic N) is 5. The summed E-state index contributed by atoms with van der Waals surface area (Å²) < 4.78 is 2.03. The van der Waals surface area contributed by atoms with Gasteiger partial charge in [-0.3, -0.25) is 14.6 Å². The van der Waals surface area contributed by atoms with Crippen LogP contribution in [0.15, 0.2) is 24.7 Å². The first kappa shape index (κ1) is 15.2. The average Bonchev–Trinajstić information content (AvgIpc) is 2.97. The maximum absolute atomic E-state index is 4.63. The number of aromatic nitrogens is 4. The third kappa shape index (κ3) is 3.19. The molecule has 118 valence electrons. The summed E-state index contributed by atoms with van der Waals surface area (Å²) in [6, 6.07) is 2.36. The van der Waals surface area contributed by atoms with Crippen LogP contribution < -0.4 is 0 Å². The zero-order valence-electron chi connectivity index (χ0n) is 13.7. The fourth-order valence-electron chi connectivity index (χ4n) is 3.36. The number of hydrogen-bond acceptors (Lipinski definition) is 4. The highest BCUT2D eigenvalue weighted by atomic mass is 15.3. The zero-order chi connectivity index (χ0) is 15.5. The molecule has 0 bridgehead atoms. The normalized spacial score (nSPS) is 19.7. The van der Waals surface area contributed by atoms with Gasteiger partial charge in [-0.25, -0.2) is 0 Å². The maximum atomic E-state index is 4.63. The van der Waals surface area contributed by atoms with Gasteiger partial charge in [0.25, 0.3) is 0 Å². The molecule has 1 atom stereocenters. The Balaban J connectivity index is 1.88. The van der Waals surface area contributed by atoms with Crippen LogP contribution in [-0.4, -0.2) is 44.8 Å². The fraction of sp³-hybridized carbons (Fsp3) is 0.588. The lowest BCUT2D eigenvalue weighted by Gasteiger charge is -2.29. The highest BCUT2D eigenvalue weighted by molar-refractivity contribution is 5.57. The highest BCUT2D eigenvalue weighted by Gasteiger charge is 2.21. The van der Waals surface area contributed by atoms with Gasteiger partial charge in [0.15, 0.2) is 0 Å². The minimum absolute atomic E-state index is 0.320. The molecule has 0 amide bonds. The second kappa shape index (κ2) is 6.57. The number of rotatable bonds is 4.